The van der Waals surface area contributed by atoms with Crippen LogP contribution in [0.15, 0.2) is 30.7 Å². The molecule has 3 aromatic heterocycles. The van der Waals surface area contributed by atoms with Crippen LogP contribution in [0.4, 0.5) is 15.9 Å². The number of carbonyl (C=O) groups excluding carboxylic acids is 1. The molecule has 180 valence electrons. The molecular weight excluding hydrogens is 441 g/mol. The van der Waals surface area contributed by atoms with Crippen molar-refractivity contribution >= 4 is 23.1 Å². The number of nitrogens with zero attached hydrogens (tertiary/aromatic N) is 6. The molecule has 0 aliphatic carbocycles. The summed E-state index contributed by atoms with van der Waals surface area (Å²) in [6, 6.07) is 3.56. The molecule has 0 spiro atoms. The summed E-state index contributed by atoms with van der Waals surface area (Å²) in [6.07, 6.45) is 4.29. The molecule has 0 radical (unpaired) electrons. The summed E-state index contributed by atoms with van der Waals surface area (Å²) >= 11 is 0. The summed E-state index contributed by atoms with van der Waals surface area (Å²) in [5, 5.41) is 17.6. The standard InChI is InChI=1S/C23H28FN7O3/c1-15(24)13-29-6-8-30(9-7-29)20-18(10-16-11-23(2,33)14-34-22(16)28-20)27-21(32)17-12-26-31-5-3-4-25-19(17)31/h3-5,10,12,15,33H,6-9,11,13-14H2,1-2H3,(H,27,32)/t15?,23-/m1/s1. The minimum Gasteiger partial charge on any atom is -0.474 e. The van der Waals surface area contributed by atoms with Gasteiger partial charge in [-0.3, -0.25) is 9.69 Å². The third-order valence-corrected chi connectivity index (χ3v) is 6.09. The van der Waals surface area contributed by atoms with E-state index < -0.39 is 11.8 Å². The number of aromatic nitrogens is 4. The van der Waals surface area contributed by atoms with E-state index in [1.54, 1.807) is 32.3 Å². The van der Waals surface area contributed by atoms with Gasteiger partial charge in [0.25, 0.3) is 5.91 Å². The van der Waals surface area contributed by atoms with Crippen LogP contribution in [0.25, 0.3) is 5.65 Å². The van der Waals surface area contributed by atoms with E-state index in [0.29, 0.717) is 67.7 Å². The second kappa shape index (κ2) is 8.80. The van der Waals surface area contributed by atoms with Crippen LogP contribution in [0, 0.1) is 0 Å². The lowest BCUT2D eigenvalue weighted by molar-refractivity contribution is -0.00269. The number of amides is 1. The van der Waals surface area contributed by atoms with Crippen molar-refractivity contribution in [3.8, 4) is 5.88 Å². The van der Waals surface area contributed by atoms with E-state index in [0.717, 1.165) is 5.56 Å². The number of piperazine rings is 1. The average molecular weight is 470 g/mol. The Kier molecular flexibility index (Phi) is 5.82. The Labute approximate surface area is 196 Å². The molecule has 1 saturated heterocycles. The predicted molar refractivity (Wildman–Crippen MR) is 124 cm³/mol. The first-order chi connectivity index (χ1) is 16.3. The molecule has 11 heteroatoms. The maximum atomic E-state index is 13.4. The Morgan fingerprint density at radius 2 is 2.15 bits per heavy atom. The van der Waals surface area contributed by atoms with Gasteiger partial charge in [0.2, 0.25) is 5.88 Å². The van der Waals surface area contributed by atoms with E-state index in [9.17, 15) is 14.3 Å². The minimum absolute atomic E-state index is 0.147. The molecule has 0 bridgehead atoms. The number of hydrogen-bond acceptors (Lipinski definition) is 8. The van der Waals surface area contributed by atoms with E-state index >= 15 is 0 Å². The highest BCUT2D eigenvalue weighted by Crippen LogP contribution is 2.36. The number of nitrogens with one attached hydrogen (secondary N) is 1. The molecule has 5 heterocycles. The van der Waals surface area contributed by atoms with Gasteiger partial charge in [-0.15, -0.1) is 0 Å². The maximum Gasteiger partial charge on any atom is 0.261 e. The van der Waals surface area contributed by atoms with E-state index in [-0.39, 0.29) is 12.5 Å². The Morgan fingerprint density at radius 1 is 1.35 bits per heavy atom. The molecule has 0 aromatic carbocycles. The van der Waals surface area contributed by atoms with Crippen LogP contribution < -0.4 is 15.0 Å². The van der Waals surface area contributed by atoms with Gasteiger partial charge in [-0.1, -0.05) is 0 Å². The van der Waals surface area contributed by atoms with Crippen molar-refractivity contribution in [2.75, 3.05) is 49.5 Å². The molecule has 1 unspecified atom stereocenters. The van der Waals surface area contributed by atoms with Crippen LogP contribution in [0.3, 0.4) is 0 Å². The number of hydrogen-bond donors (Lipinski definition) is 2. The van der Waals surface area contributed by atoms with E-state index in [2.05, 4.69) is 25.2 Å². The maximum absolute atomic E-state index is 13.4. The molecule has 0 saturated carbocycles. The van der Waals surface area contributed by atoms with Crippen molar-refractivity contribution < 1.29 is 19.0 Å². The highest BCUT2D eigenvalue weighted by molar-refractivity contribution is 6.09. The second-order valence-corrected chi connectivity index (χ2v) is 9.25. The summed E-state index contributed by atoms with van der Waals surface area (Å²) < 4.78 is 20.7. The zero-order valence-electron chi connectivity index (χ0n) is 19.2. The van der Waals surface area contributed by atoms with Gasteiger partial charge in [0.15, 0.2) is 11.5 Å². The Hall–Kier alpha value is -3.31. The van der Waals surface area contributed by atoms with E-state index in [1.807, 2.05) is 6.07 Å². The third kappa shape index (κ3) is 4.53. The Bertz CT molecular complexity index is 1200. The number of pyridine rings is 1. The van der Waals surface area contributed by atoms with Crippen LogP contribution in [0.5, 0.6) is 5.88 Å². The molecular formula is C23H28FN7O3. The van der Waals surface area contributed by atoms with Crippen molar-refractivity contribution in [1.29, 1.82) is 0 Å². The van der Waals surface area contributed by atoms with Gasteiger partial charge in [-0.05, 0) is 26.0 Å². The first-order valence-corrected chi connectivity index (χ1v) is 11.4. The summed E-state index contributed by atoms with van der Waals surface area (Å²) in [7, 11) is 0. The van der Waals surface area contributed by atoms with Crippen molar-refractivity contribution in [2.45, 2.75) is 32.0 Å². The van der Waals surface area contributed by atoms with Gasteiger partial charge in [0.1, 0.15) is 23.9 Å². The predicted octanol–water partition coefficient (Wildman–Crippen LogP) is 1.54. The van der Waals surface area contributed by atoms with E-state index in [1.165, 1.54) is 10.7 Å². The smallest absolute Gasteiger partial charge is 0.261 e. The van der Waals surface area contributed by atoms with Gasteiger partial charge < -0.3 is 20.1 Å². The first kappa shape index (κ1) is 22.5. The lowest BCUT2D eigenvalue weighted by Gasteiger charge is -2.37. The quantitative estimate of drug-likeness (QED) is 0.580. The van der Waals surface area contributed by atoms with Crippen molar-refractivity contribution in [1.82, 2.24) is 24.5 Å². The zero-order valence-corrected chi connectivity index (χ0v) is 19.2. The molecule has 2 aliphatic rings. The fourth-order valence-electron chi connectivity index (χ4n) is 4.47. The van der Waals surface area contributed by atoms with E-state index in [4.69, 9.17) is 9.72 Å². The summed E-state index contributed by atoms with van der Waals surface area (Å²) in [4.78, 5) is 26.4. The SMILES string of the molecule is CC(F)CN1CCN(c2nc3c(cc2NC(=O)c2cnn4cccnc24)C[C@@](C)(O)CO3)CC1. The van der Waals surface area contributed by atoms with Gasteiger partial charge in [0, 0.05) is 57.1 Å². The fraction of sp³-hybridized carbons (Fsp3) is 0.478. The molecule has 2 aliphatic heterocycles. The molecule has 2 N–H and O–H groups in total. The Balaban J connectivity index is 1.45. The van der Waals surface area contributed by atoms with Crippen molar-refractivity contribution in [3.63, 3.8) is 0 Å². The van der Waals surface area contributed by atoms with Gasteiger partial charge in [-0.2, -0.15) is 10.1 Å². The third-order valence-electron chi connectivity index (χ3n) is 6.09. The molecule has 3 aromatic rings. The number of rotatable bonds is 5. The monoisotopic (exact) mass is 469 g/mol. The zero-order chi connectivity index (χ0) is 23.9. The van der Waals surface area contributed by atoms with Crippen molar-refractivity contribution in [2.24, 2.45) is 0 Å². The number of carbonyl (C=O) groups is 1. The number of anilines is 2. The number of halogens is 1. The lowest BCUT2D eigenvalue weighted by atomic mass is 9.95. The van der Waals surface area contributed by atoms with Crippen LogP contribution in [0.1, 0.15) is 29.8 Å². The normalized spacial score (nSPS) is 21.7. The summed E-state index contributed by atoms with van der Waals surface area (Å²) in [6.45, 7) is 6.46. The molecule has 2 atom stereocenters. The topological polar surface area (TPSA) is 108 Å². The van der Waals surface area contributed by atoms with Crippen LogP contribution in [-0.2, 0) is 6.42 Å². The molecule has 5 rings (SSSR count). The molecule has 34 heavy (non-hydrogen) atoms. The summed E-state index contributed by atoms with van der Waals surface area (Å²) in [5.41, 5.74) is 1.02. The van der Waals surface area contributed by atoms with Crippen LogP contribution >= 0.6 is 0 Å². The largest absolute Gasteiger partial charge is 0.474 e. The molecule has 1 fully saturated rings. The highest BCUT2D eigenvalue weighted by atomic mass is 19.1. The Morgan fingerprint density at radius 3 is 2.91 bits per heavy atom. The average Bonchev–Trinajstić information content (AvgIpc) is 3.23. The minimum atomic E-state index is -1.02. The number of aliphatic hydroxyl groups is 1. The number of alkyl halides is 1. The first-order valence-electron chi connectivity index (χ1n) is 11.4. The number of fused-ring (bicyclic) bond motifs is 2. The molecule has 1 amide bonds. The molecule has 10 nitrogen and oxygen atoms in total. The van der Waals surface area contributed by atoms with Crippen molar-refractivity contribution in [3.05, 3.63) is 41.9 Å². The highest BCUT2D eigenvalue weighted by Gasteiger charge is 2.32. The number of ether oxygens (including phenoxy) is 1. The van der Waals surface area contributed by atoms with Gasteiger partial charge >= 0.3 is 0 Å². The lowest BCUT2D eigenvalue weighted by Crippen LogP contribution is -2.48. The second-order valence-electron chi connectivity index (χ2n) is 9.25. The van der Waals surface area contributed by atoms with Crippen LogP contribution in [0.2, 0.25) is 0 Å². The fourth-order valence-corrected chi connectivity index (χ4v) is 4.47. The van der Waals surface area contributed by atoms with Crippen LogP contribution in [-0.4, -0.2) is 86.6 Å². The summed E-state index contributed by atoms with van der Waals surface area (Å²) in [5.74, 6) is 0.688. The van der Waals surface area contributed by atoms with Gasteiger partial charge in [-0.25, -0.2) is 13.9 Å². The van der Waals surface area contributed by atoms with Gasteiger partial charge in [0.05, 0.1) is 11.9 Å².